The zero-order valence-corrected chi connectivity index (χ0v) is 15.6. The zero-order chi connectivity index (χ0) is 15.1. The first-order chi connectivity index (χ1) is 9.51. The summed E-state index contributed by atoms with van der Waals surface area (Å²) in [6.45, 7) is 10.1. The van der Waals surface area contributed by atoms with Gasteiger partial charge in [-0.05, 0) is 61.3 Å². The predicted octanol–water partition coefficient (Wildman–Crippen LogP) is 5.19. The number of unbranched alkanes of at least 4 members (excludes halogenated alkanes) is 2. The van der Waals surface area contributed by atoms with Gasteiger partial charge in [-0.25, -0.2) is 0 Å². The molecule has 0 amide bonds. The van der Waals surface area contributed by atoms with Gasteiger partial charge in [-0.15, -0.1) is 11.3 Å². The number of nitrogens with two attached hydrogens (primary N) is 1. The van der Waals surface area contributed by atoms with E-state index in [1.807, 2.05) is 11.3 Å². The standard InChI is InChI=1S/C16H29BrN2S/c1-5-7-8-11-19(12(3)4)16(13(18)6-2)14-9-10-15(17)20-14/h9-10,12-13,16H,5-8,11,18H2,1-4H3. The summed E-state index contributed by atoms with van der Waals surface area (Å²) in [6, 6.07) is 5.43. The molecule has 0 saturated heterocycles. The van der Waals surface area contributed by atoms with E-state index in [1.165, 1.54) is 27.9 Å². The molecule has 20 heavy (non-hydrogen) atoms. The molecule has 0 radical (unpaired) electrons. The molecular weight excluding hydrogens is 332 g/mol. The van der Waals surface area contributed by atoms with Crippen LogP contribution in [0.1, 0.15) is 64.3 Å². The zero-order valence-electron chi connectivity index (χ0n) is 13.2. The second-order valence-electron chi connectivity index (χ2n) is 5.70. The van der Waals surface area contributed by atoms with E-state index in [2.05, 4.69) is 60.7 Å². The normalized spacial score (nSPS) is 15.0. The van der Waals surface area contributed by atoms with E-state index in [0.717, 1.165) is 13.0 Å². The van der Waals surface area contributed by atoms with Gasteiger partial charge < -0.3 is 5.73 Å². The number of hydrogen-bond donors (Lipinski definition) is 1. The van der Waals surface area contributed by atoms with E-state index in [1.54, 1.807) is 0 Å². The quantitative estimate of drug-likeness (QED) is 0.614. The molecule has 0 fully saturated rings. The maximum atomic E-state index is 6.45. The molecule has 0 aliphatic carbocycles. The fourth-order valence-electron chi connectivity index (χ4n) is 2.59. The Balaban J connectivity index is 2.93. The van der Waals surface area contributed by atoms with Crippen molar-refractivity contribution >= 4 is 27.3 Å². The predicted molar refractivity (Wildman–Crippen MR) is 94.4 cm³/mol. The van der Waals surface area contributed by atoms with Crippen LogP contribution in [0.15, 0.2) is 15.9 Å². The maximum Gasteiger partial charge on any atom is 0.0702 e. The van der Waals surface area contributed by atoms with Crippen LogP contribution < -0.4 is 5.73 Å². The molecule has 0 aliphatic heterocycles. The smallest absolute Gasteiger partial charge is 0.0702 e. The summed E-state index contributed by atoms with van der Waals surface area (Å²) in [5, 5.41) is 0. The molecule has 1 aromatic rings. The van der Waals surface area contributed by atoms with Gasteiger partial charge in [-0.1, -0.05) is 26.7 Å². The molecule has 2 atom stereocenters. The van der Waals surface area contributed by atoms with Crippen molar-refractivity contribution in [2.24, 2.45) is 5.73 Å². The van der Waals surface area contributed by atoms with E-state index in [4.69, 9.17) is 5.73 Å². The molecule has 0 aliphatic rings. The molecule has 0 saturated carbocycles. The summed E-state index contributed by atoms with van der Waals surface area (Å²) in [6.07, 6.45) is 4.83. The van der Waals surface area contributed by atoms with Gasteiger partial charge in [0.05, 0.1) is 9.83 Å². The van der Waals surface area contributed by atoms with E-state index in [9.17, 15) is 0 Å². The summed E-state index contributed by atoms with van der Waals surface area (Å²) < 4.78 is 1.19. The van der Waals surface area contributed by atoms with Crippen molar-refractivity contribution in [2.75, 3.05) is 6.54 Å². The van der Waals surface area contributed by atoms with Crippen molar-refractivity contribution < 1.29 is 0 Å². The fraction of sp³-hybridized carbons (Fsp3) is 0.750. The average molecular weight is 361 g/mol. The Hall–Kier alpha value is 0.1000. The van der Waals surface area contributed by atoms with Gasteiger partial charge in [-0.2, -0.15) is 0 Å². The van der Waals surface area contributed by atoms with Gasteiger partial charge in [0.25, 0.3) is 0 Å². The molecule has 2 nitrogen and oxygen atoms in total. The number of halogens is 1. The van der Waals surface area contributed by atoms with Crippen molar-refractivity contribution in [3.63, 3.8) is 0 Å². The van der Waals surface area contributed by atoms with Crippen LogP contribution in [0.25, 0.3) is 0 Å². The monoisotopic (exact) mass is 360 g/mol. The van der Waals surface area contributed by atoms with Crippen LogP contribution in [0.3, 0.4) is 0 Å². The first-order valence-electron chi connectivity index (χ1n) is 7.77. The molecule has 1 heterocycles. The highest BCUT2D eigenvalue weighted by Crippen LogP contribution is 2.34. The van der Waals surface area contributed by atoms with Crippen molar-refractivity contribution in [2.45, 2.75) is 71.5 Å². The second-order valence-corrected chi connectivity index (χ2v) is 8.19. The van der Waals surface area contributed by atoms with Crippen molar-refractivity contribution in [3.8, 4) is 0 Å². The number of thiophene rings is 1. The Bertz CT molecular complexity index is 378. The van der Waals surface area contributed by atoms with Crippen LogP contribution in [0.4, 0.5) is 0 Å². The molecule has 0 bridgehead atoms. The van der Waals surface area contributed by atoms with Crippen LogP contribution in [-0.2, 0) is 0 Å². The van der Waals surface area contributed by atoms with E-state index >= 15 is 0 Å². The molecule has 0 spiro atoms. The van der Waals surface area contributed by atoms with Gasteiger partial charge in [0.2, 0.25) is 0 Å². The summed E-state index contributed by atoms with van der Waals surface area (Å²) in [7, 11) is 0. The van der Waals surface area contributed by atoms with Crippen molar-refractivity contribution in [1.29, 1.82) is 0 Å². The third-order valence-corrected chi connectivity index (χ3v) is 5.50. The van der Waals surface area contributed by atoms with Gasteiger partial charge in [-0.3, -0.25) is 4.90 Å². The largest absolute Gasteiger partial charge is 0.326 e. The Labute approximate surface area is 136 Å². The Morgan fingerprint density at radius 2 is 1.95 bits per heavy atom. The molecule has 0 aromatic carbocycles. The summed E-state index contributed by atoms with van der Waals surface area (Å²) in [5.41, 5.74) is 6.45. The minimum absolute atomic E-state index is 0.199. The second kappa shape index (κ2) is 9.19. The Kier molecular flexibility index (Phi) is 8.34. The van der Waals surface area contributed by atoms with Crippen LogP contribution in [0, 0.1) is 0 Å². The van der Waals surface area contributed by atoms with Crippen molar-refractivity contribution in [3.05, 3.63) is 20.8 Å². The first-order valence-corrected chi connectivity index (χ1v) is 9.38. The third-order valence-electron chi connectivity index (χ3n) is 3.80. The number of nitrogens with zero attached hydrogens (tertiary/aromatic N) is 1. The Morgan fingerprint density at radius 3 is 2.40 bits per heavy atom. The lowest BCUT2D eigenvalue weighted by Gasteiger charge is -2.37. The van der Waals surface area contributed by atoms with E-state index in [0.29, 0.717) is 12.1 Å². The highest BCUT2D eigenvalue weighted by atomic mass is 79.9. The molecular formula is C16H29BrN2S. The summed E-state index contributed by atoms with van der Waals surface area (Å²) in [5.74, 6) is 0. The van der Waals surface area contributed by atoms with Gasteiger partial charge in [0, 0.05) is 17.0 Å². The van der Waals surface area contributed by atoms with Gasteiger partial charge in [0.1, 0.15) is 0 Å². The maximum absolute atomic E-state index is 6.45. The number of hydrogen-bond acceptors (Lipinski definition) is 3. The molecule has 1 rings (SSSR count). The summed E-state index contributed by atoms with van der Waals surface area (Å²) in [4.78, 5) is 3.97. The highest BCUT2D eigenvalue weighted by molar-refractivity contribution is 9.11. The van der Waals surface area contributed by atoms with Crippen LogP contribution in [0.2, 0.25) is 0 Å². The van der Waals surface area contributed by atoms with Crippen molar-refractivity contribution in [1.82, 2.24) is 4.90 Å². The summed E-state index contributed by atoms with van der Waals surface area (Å²) >= 11 is 5.40. The SMILES string of the molecule is CCCCCN(C(C)C)C(c1ccc(Br)s1)C(N)CC. The minimum Gasteiger partial charge on any atom is -0.326 e. The van der Waals surface area contributed by atoms with Crippen LogP contribution >= 0.6 is 27.3 Å². The number of rotatable bonds is 9. The van der Waals surface area contributed by atoms with Gasteiger partial charge >= 0.3 is 0 Å². The van der Waals surface area contributed by atoms with E-state index < -0.39 is 0 Å². The minimum atomic E-state index is 0.199. The lowest BCUT2D eigenvalue weighted by atomic mass is 10.0. The topological polar surface area (TPSA) is 29.3 Å². The first kappa shape index (κ1) is 18.1. The van der Waals surface area contributed by atoms with E-state index in [-0.39, 0.29) is 6.04 Å². The molecule has 116 valence electrons. The van der Waals surface area contributed by atoms with Gasteiger partial charge in [0.15, 0.2) is 0 Å². The molecule has 2 unspecified atom stereocenters. The molecule has 1 aromatic heterocycles. The van der Waals surface area contributed by atoms with Crippen LogP contribution in [-0.4, -0.2) is 23.5 Å². The highest BCUT2D eigenvalue weighted by Gasteiger charge is 2.28. The average Bonchev–Trinajstić information content (AvgIpc) is 2.83. The van der Waals surface area contributed by atoms with Crippen LogP contribution in [0.5, 0.6) is 0 Å². The molecule has 2 N–H and O–H groups in total. The third kappa shape index (κ3) is 5.14. The fourth-order valence-corrected chi connectivity index (χ4v) is 4.21. The lowest BCUT2D eigenvalue weighted by Crippen LogP contribution is -2.44. The Morgan fingerprint density at radius 1 is 1.25 bits per heavy atom. The molecule has 4 heteroatoms. The lowest BCUT2D eigenvalue weighted by molar-refractivity contribution is 0.129.